The quantitative estimate of drug-likeness (QED) is 0.730. The van der Waals surface area contributed by atoms with Gasteiger partial charge in [-0.1, -0.05) is 48.0 Å². The first-order valence-corrected chi connectivity index (χ1v) is 10.3. The van der Waals surface area contributed by atoms with Gasteiger partial charge in [0.1, 0.15) is 0 Å². The Balaban J connectivity index is 1.54. The molecule has 2 aromatic rings. The first kappa shape index (κ1) is 20.0. The van der Waals surface area contributed by atoms with Crippen LogP contribution in [0.15, 0.2) is 59.5 Å². The molecule has 1 aliphatic heterocycles. The van der Waals surface area contributed by atoms with Gasteiger partial charge >= 0.3 is 0 Å². The Hall–Kier alpha value is -1.77. The zero-order valence-corrected chi connectivity index (χ0v) is 16.0. The van der Waals surface area contributed by atoms with Crippen LogP contribution < -0.4 is 0 Å². The smallest absolute Gasteiger partial charge is 0.297 e. The Morgan fingerprint density at radius 2 is 1.78 bits per heavy atom. The molecule has 0 spiro atoms. The number of rotatable bonds is 7. The molecule has 3 rings (SSSR count). The lowest BCUT2D eigenvalue weighted by Gasteiger charge is -2.32. The van der Waals surface area contributed by atoms with E-state index in [1.54, 1.807) is 12.1 Å². The van der Waals surface area contributed by atoms with Crippen molar-refractivity contribution in [3.05, 3.63) is 65.7 Å². The predicted octanol–water partition coefficient (Wildman–Crippen LogP) is 2.78. The van der Waals surface area contributed by atoms with Crippen LogP contribution in [0.3, 0.4) is 0 Å². The van der Waals surface area contributed by atoms with Gasteiger partial charge in [-0.05, 0) is 24.6 Å². The highest BCUT2D eigenvalue weighted by Gasteiger charge is 2.30. The fourth-order valence-electron chi connectivity index (χ4n) is 2.92. The van der Waals surface area contributed by atoms with E-state index in [1.807, 2.05) is 37.3 Å². The van der Waals surface area contributed by atoms with Gasteiger partial charge in [0.15, 0.2) is 6.29 Å². The molecule has 1 aliphatic rings. The minimum absolute atomic E-state index is 0.0985. The molecule has 6 nitrogen and oxygen atoms in total. The maximum atomic E-state index is 12.3. The van der Waals surface area contributed by atoms with Gasteiger partial charge in [0.25, 0.3) is 10.1 Å². The van der Waals surface area contributed by atoms with Crippen molar-refractivity contribution in [3.63, 3.8) is 0 Å². The third kappa shape index (κ3) is 5.85. The van der Waals surface area contributed by atoms with Gasteiger partial charge in [0.05, 0.1) is 30.3 Å². The minimum Gasteiger partial charge on any atom is -0.373 e. The Bertz CT molecular complexity index is 819. The predicted molar refractivity (Wildman–Crippen MR) is 99.4 cm³/mol. The molecule has 0 aliphatic carbocycles. The lowest BCUT2D eigenvalue weighted by Crippen LogP contribution is -2.39. The largest absolute Gasteiger partial charge is 0.373 e. The Labute approximate surface area is 159 Å². The Morgan fingerprint density at radius 1 is 1.07 bits per heavy atom. The topological polar surface area (TPSA) is 82.1 Å². The summed E-state index contributed by atoms with van der Waals surface area (Å²) in [5.41, 5.74) is 2.00. The molecule has 1 saturated heterocycles. The molecule has 1 heterocycles. The molecule has 2 aromatic carbocycles. The monoisotopic (exact) mass is 392 g/mol. The number of hydrogen-bond donors (Lipinski definition) is 1. The van der Waals surface area contributed by atoms with Gasteiger partial charge < -0.3 is 14.6 Å². The average molecular weight is 392 g/mol. The molecule has 0 aromatic heterocycles. The highest BCUT2D eigenvalue weighted by Crippen LogP contribution is 2.23. The Morgan fingerprint density at radius 3 is 2.48 bits per heavy atom. The van der Waals surface area contributed by atoms with E-state index in [0.717, 1.165) is 11.1 Å². The molecule has 0 saturated carbocycles. The van der Waals surface area contributed by atoms with Crippen molar-refractivity contribution in [3.8, 4) is 0 Å². The lowest BCUT2D eigenvalue weighted by molar-refractivity contribution is -0.204. The summed E-state index contributed by atoms with van der Waals surface area (Å²) in [5.74, 6) is 0. The average Bonchev–Trinajstić information content (AvgIpc) is 2.66. The number of benzene rings is 2. The van der Waals surface area contributed by atoms with Gasteiger partial charge in [-0.3, -0.25) is 4.18 Å². The molecule has 0 unspecified atom stereocenters. The fraction of sp³-hybridized carbons (Fsp3) is 0.400. The van der Waals surface area contributed by atoms with Crippen molar-refractivity contribution in [2.75, 3.05) is 6.61 Å². The van der Waals surface area contributed by atoms with Gasteiger partial charge in [-0.15, -0.1) is 0 Å². The number of aliphatic hydroxyl groups excluding tert-OH is 1. The zero-order chi connectivity index (χ0) is 19.3. The molecular formula is C20H24O6S. The summed E-state index contributed by atoms with van der Waals surface area (Å²) in [6.07, 6.45) is -1.00. The van der Waals surface area contributed by atoms with E-state index in [4.69, 9.17) is 13.7 Å². The van der Waals surface area contributed by atoms with Crippen LogP contribution in [0, 0.1) is 6.92 Å². The second kappa shape index (κ2) is 8.95. The SMILES string of the molecule is Cc1ccc(S(=O)(=O)OC[C@@H]2C[C@H](OCc3ccccc3)C[C@@H](O)O2)cc1. The minimum atomic E-state index is -3.87. The molecule has 0 radical (unpaired) electrons. The summed E-state index contributed by atoms with van der Waals surface area (Å²) >= 11 is 0. The summed E-state index contributed by atoms with van der Waals surface area (Å²) in [6.45, 7) is 2.13. The van der Waals surface area contributed by atoms with E-state index in [0.29, 0.717) is 19.4 Å². The molecule has 0 bridgehead atoms. The molecule has 7 heteroatoms. The molecule has 146 valence electrons. The summed E-state index contributed by atoms with van der Waals surface area (Å²) in [6, 6.07) is 16.2. The summed E-state index contributed by atoms with van der Waals surface area (Å²) < 4.78 is 41.0. The molecule has 27 heavy (non-hydrogen) atoms. The van der Waals surface area contributed by atoms with Crippen LogP contribution in [0.1, 0.15) is 24.0 Å². The van der Waals surface area contributed by atoms with Crippen LogP contribution in [-0.2, 0) is 30.4 Å². The first-order valence-electron chi connectivity index (χ1n) is 8.87. The second-order valence-corrected chi connectivity index (χ2v) is 8.27. The van der Waals surface area contributed by atoms with Crippen LogP contribution in [0.5, 0.6) is 0 Å². The summed E-state index contributed by atoms with van der Waals surface area (Å²) in [5, 5.41) is 9.92. The highest BCUT2D eigenvalue weighted by molar-refractivity contribution is 7.86. The fourth-order valence-corrected chi connectivity index (χ4v) is 3.85. The third-order valence-electron chi connectivity index (χ3n) is 4.39. The van der Waals surface area contributed by atoms with Gasteiger partial charge in [0.2, 0.25) is 0 Å². The van der Waals surface area contributed by atoms with Gasteiger partial charge in [0, 0.05) is 12.8 Å². The van der Waals surface area contributed by atoms with E-state index in [9.17, 15) is 13.5 Å². The molecular weight excluding hydrogens is 368 g/mol. The van der Waals surface area contributed by atoms with Crippen molar-refractivity contribution in [2.24, 2.45) is 0 Å². The van der Waals surface area contributed by atoms with E-state index < -0.39 is 22.5 Å². The van der Waals surface area contributed by atoms with Crippen LogP contribution in [0.2, 0.25) is 0 Å². The van der Waals surface area contributed by atoms with Crippen LogP contribution in [-0.4, -0.2) is 38.6 Å². The lowest BCUT2D eigenvalue weighted by atomic mass is 10.1. The van der Waals surface area contributed by atoms with E-state index >= 15 is 0 Å². The molecule has 0 amide bonds. The number of aryl methyl sites for hydroxylation is 1. The van der Waals surface area contributed by atoms with Crippen LogP contribution >= 0.6 is 0 Å². The van der Waals surface area contributed by atoms with Gasteiger partial charge in [-0.2, -0.15) is 8.42 Å². The van der Waals surface area contributed by atoms with Crippen molar-refractivity contribution in [2.45, 2.75) is 49.8 Å². The van der Waals surface area contributed by atoms with E-state index in [1.165, 1.54) is 12.1 Å². The van der Waals surface area contributed by atoms with E-state index in [2.05, 4.69) is 0 Å². The van der Waals surface area contributed by atoms with Gasteiger partial charge in [-0.25, -0.2) is 0 Å². The summed E-state index contributed by atoms with van der Waals surface area (Å²) in [4.78, 5) is 0.0985. The van der Waals surface area contributed by atoms with Crippen molar-refractivity contribution < 1.29 is 27.2 Å². The molecule has 1 fully saturated rings. The normalized spacial score (nSPS) is 23.3. The van der Waals surface area contributed by atoms with Crippen LogP contribution in [0.4, 0.5) is 0 Å². The van der Waals surface area contributed by atoms with Crippen molar-refractivity contribution in [1.82, 2.24) is 0 Å². The van der Waals surface area contributed by atoms with Crippen LogP contribution in [0.25, 0.3) is 0 Å². The number of hydrogen-bond acceptors (Lipinski definition) is 6. The molecule has 1 N–H and O–H groups in total. The second-order valence-electron chi connectivity index (χ2n) is 6.65. The maximum absolute atomic E-state index is 12.3. The molecule has 3 atom stereocenters. The highest BCUT2D eigenvalue weighted by atomic mass is 32.2. The number of ether oxygens (including phenoxy) is 2. The van der Waals surface area contributed by atoms with Crippen molar-refractivity contribution >= 4 is 10.1 Å². The van der Waals surface area contributed by atoms with E-state index in [-0.39, 0.29) is 17.6 Å². The zero-order valence-electron chi connectivity index (χ0n) is 15.2. The van der Waals surface area contributed by atoms with Crippen molar-refractivity contribution in [1.29, 1.82) is 0 Å². The maximum Gasteiger partial charge on any atom is 0.297 e. The third-order valence-corrected chi connectivity index (χ3v) is 5.68. The first-order chi connectivity index (χ1) is 12.9. The summed E-state index contributed by atoms with van der Waals surface area (Å²) in [7, 11) is -3.87. The number of aliphatic hydroxyl groups is 1. The Kier molecular flexibility index (Phi) is 6.62. The standard InChI is InChI=1S/C20H24O6S/c1-15-7-9-19(10-8-15)27(22,23)25-14-18-11-17(12-20(21)26-18)24-13-16-5-3-2-4-6-16/h2-10,17-18,20-21H,11-14H2,1H3/t17-,18-,20-/m0/s1.